The predicted molar refractivity (Wildman–Crippen MR) is 122 cm³/mol. The molecule has 4 rings (SSSR count). The third-order valence-corrected chi connectivity index (χ3v) is 8.41. The smallest absolute Gasteiger partial charge is 0.336 e. The van der Waals surface area contributed by atoms with Crippen molar-refractivity contribution in [1.29, 1.82) is 0 Å². The Balaban J connectivity index is 1.52. The second-order valence-electron chi connectivity index (χ2n) is 7.73. The number of rotatable bonds is 4. The molecule has 0 N–H and O–H groups in total. The number of piperazine rings is 1. The van der Waals surface area contributed by atoms with E-state index in [-0.39, 0.29) is 15.5 Å². The zero-order chi connectivity index (χ0) is 22.3. The Morgan fingerprint density at radius 1 is 0.968 bits per heavy atom. The zero-order valence-electron chi connectivity index (χ0n) is 17.2. The number of sulfonamides is 1. The van der Waals surface area contributed by atoms with Crippen LogP contribution in [0.3, 0.4) is 0 Å². The van der Waals surface area contributed by atoms with Gasteiger partial charge in [0.1, 0.15) is 5.58 Å². The first-order valence-corrected chi connectivity index (χ1v) is 12.1. The lowest BCUT2D eigenvalue weighted by Crippen LogP contribution is -2.48. The maximum absolute atomic E-state index is 13.0. The fourth-order valence-electron chi connectivity index (χ4n) is 3.81. The number of hydrogen-bond acceptors (Lipinski definition) is 5. The van der Waals surface area contributed by atoms with Crippen molar-refractivity contribution >= 4 is 44.2 Å². The van der Waals surface area contributed by atoms with Crippen molar-refractivity contribution in [2.45, 2.75) is 25.3 Å². The minimum Gasteiger partial charge on any atom is -0.422 e. The van der Waals surface area contributed by atoms with Gasteiger partial charge in [0.15, 0.2) is 0 Å². The van der Waals surface area contributed by atoms with Gasteiger partial charge in [-0.25, -0.2) is 13.2 Å². The van der Waals surface area contributed by atoms with Gasteiger partial charge >= 0.3 is 5.63 Å². The van der Waals surface area contributed by atoms with Gasteiger partial charge in [-0.1, -0.05) is 35.3 Å². The van der Waals surface area contributed by atoms with Gasteiger partial charge < -0.3 is 4.42 Å². The highest BCUT2D eigenvalue weighted by atomic mass is 35.5. The molecule has 31 heavy (non-hydrogen) atoms. The van der Waals surface area contributed by atoms with E-state index in [9.17, 15) is 13.2 Å². The quantitative estimate of drug-likeness (QED) is 0.522. The van der Waals surface area contributed by atoms with Gasteiger partial charge in [-0.3, -0.25) is 4.90 Å². The lowest BCUT2D eigenvalue weighted by molar-refractivity contribution is 0.182. The van der Waals surface area contributed by atoms with Crippen LogP contribution in [-0.4, -0.2) is 43.8 Å². The van der Waals surface area contributed by atoms with Crippen molar-refractivity contribution in [2.24, 2.45) is 0 Å². The Kier molecular flexibility index (Phi) is 6.16. The summed E-state index contributed by atoms with van der Waals surface area (Å²) in [6.45, 7) is 6.26. The van der Waals surface area contributed by atoms with Crippen LogP contribution < -0.4 is 5.63 Å². The highest BCUT2D eigenvalue weighted by molar-refractivity contribution is 7.89. The number of hydrogen-bond donors (Lipinski definition) is 0. The molecule has 0 bridgehead atoms. The van der Waals surface area contributed by atoms with Crippen molar-refractivity contribution < 1.29 is 12.8 Å². The summed E-state index contributed by atoms with van der Waals surface area (Å²) in [4.78, 5) is 14.4. The first-order valence-electron chi connectivity index (χ1n) is 9.87. The van der Waals surface area contributed by atoms with Gasteiger partial charge in [-0.15, -0.1) is 0 Å². The van der Waals surface area contributed by atoms with Crippen LogP contribution in [-0.2, 0) is 16.6 Å². The van der Waals surface area contributed by atoms with Crippen LogP contribution in [0.15, 0.2) is 50.5 Å². The summed E-state index contributed by atoms with van der Waals surface area (Å²) < 4.78 is 32.8. The van der Waals surface area contributed by atoms with E-state index in [1.807, 2.05) is 26.0 Å². The van der Waals surface area contributed by atoms with E-state index in [1.165, 1.54) is 28.6 Å². The number of benzene rings is 2. The molecule has 0 amide bonds. The molecule has 164 valence electrons. The van der Waals surface area contributed by atoms with Gasteiger partial charge in [0.2, 0.25) is 10.0 Å². The monoisotopic (exact) mass is 480 g/mol. The second-order valence-corrected chi connectivity index (χ2v) is 10.5. The molecule has 0 radical (unpaired) electrons. The molecule has 1 aliphatic rings. The van der Waals surface area contributed by atoms with Crippen LogP contribution in [0.5, 0.6) is 0 Å². The van der Waals surface area contributed by atoms with Gasteiger partial charge in [-0.05, 0) is 48.7 Å². The molecule has 0 spiro atoms. The average Bonchev–Trinajstić information content (AvgIpc) is 2.73. The van der Waals surface area contributed by atoms with E-state index in [1.54, 1.807) is 0 Å². The van der Waals surface area contributed by atoms with Crippen LogP contribution in [0.4, 0.5) is 0 Å². The van der Waals surface area contributed by atoms with Crippen LogP contribution in [0.2, 0.25) is 10.0 Å². The summed E-state index contributed by atoms with van der Waals surface area (Å²) in [5, 5.41) is 1.44. The van der Waals surface area contributed by atoms with E-state index < -0.39 is 10.0 Å². The topological polar surface area (TPSA) is 70.8 Å². The SMILES string of the molecule is Cc1ccc2c(CN3CCN(S(=O)(=O)c4ccc(Cl)c(Cl)c4)CC3)cc(=O)oc2c1C. The van der Waals surface area contributed by atoms with Gasteiger partial charge in [-0.2, -0.15) is 4.31 Å². The number of fused-ring (bicyclic) bond motifs is 1. The Hall–Kier alpha value is -1.90. The van der Waals surface area contributed by atoms with E-state index in [2.05, 4.69) is 4.90 Å². The summed E-state index contributed by atoms with van der Waals surface area (Å²) in [5.74, 6) is 0. The molecule has 0 aliphatic carbocycles. The molecule has 1 saturated heterocycles. The molecule has 0 unspecified atom stereocenters. The summed E-state index contributed by atoms with van der Waals surface area (Å²) in [6.07, 6.45) is 0. The fraction of sp³-hybridized carbons (Fsp3) is 0.318. The Morgan fingerprint density at radius 3 is 2.35 bits per heavy atom. The standard InChI is InChI=1S/C22H22Cl2N2O4S/c1-14-3-5-18-16(11-21(27)30-22(18)15(14)2)13-25-7-9-26(10-8-25)31(28,29)17-4-6-19(23)20(24)12-17/h3-6,11-12H,7-10,13H2,1-2H3. The van der Waals surface area contributed by atoms with Crippen LogP contribution in [0.25, 0.3) is 11.0 Å². The fourth-order valence-corrected chi connectivity index (χ4v) is 5.62. The van der Waals surface area contributed by atoms with Crippen molar-refractivity contribution in [3.05, 3.63) is 73.6 Å². The van der Waals surface area contributed by atoms with E-state index in [4.69, 9.17) is 27.6 Å². The van der Waals surface area contributed by atoms with Crippen molar-refractivity contribution in [3.63, 3.8) is 0 Å². The number of nitrogens with zero attached hydrogens (tertiary/aromatic N) is 2. The van der Waals surface area contributed by atoms with E-state index in [0.717, 1.165) is 22.1 Å². The molecular formula is C22H22Cl2N2O4S. The van der Waals surface area contributed by atoms with E-state index >= 15 is 0 Å². The first-order chi connectivity index (χ1) is 14.7. The normalized spacial score (nSPS) is 16.1. The Labute approximate surface area is 191 Å². The van der Waals surface area contributed by atoms with Gasteiger partial charge in [0.05, 0.1) is 14.9 Å². The first kappa shape index (κ1) is 22.3. The summed E-state index contributed by atoms with van der Waals surface area (Å²) in [6, 6.07) is 9.85. The second kappa shape index (κ2) is 8.56. The number of aryl methyl sites for hydroxylation is 2. The number of halogens is 2. The lowest BCUT2D eigenvalue weighted by atomic mass is 10.0. The molecule has 1 aliphatic heterocycles. The average molecular weight is 481 g/mol. The van der Waals surface area contributed by atoms with Crippen molar-refractivity contribution in [1.82, 2.24) is 9.21 Å². The molecule has 9 heteroatoms. The minimum atomic E-state index is -3.65. The van der Waals surface area contributed by atoms with E-state index in [0.29, 0.717) is 43.3 Å². The zero-order valence-corrected chi connectivity index (χ0v) is 19.5. The molecular weight excluding hydrogens is 459 g/mol. The highest BCUT2D eigenvalue weighted by Crippen LogP contribution is 2.28. The van der Waals surface area contributed by atoms with Crippen LogP contribution in [0.1, 0.15) is 16.7 Å². The molecule has 2 heterocycles. The van der Waals surface area contributed by atoms with Crippen molar-refractivity contribution in [2.75, 3.05) is 26.2 Å². The molecule has 0 saturated carbocycles. The molecule has 0 atom stereocenters. The third kappa shape index (κ3) is 4.38. The third-order valence-electron chi connectivity index (χ3n) is 5.77. The molecule has 1 fully saturated rings. The summed E-state index contributed by atoms with van der Waals surface area (Å²) >= 11 is 11.9. The highest BCUT2D eigenvalue weighted by Gasteiger charge is 2.29. The van der Waals surface area contributed by atoms with Gasteiger partial charge in [0, 0.05) is 44.2 Å². The largest absolute Gasteiger partial charge is 0.422 e. The maximum Gasteiger partial charge on any atom is 0.336 e. The molecule has 6 nitrogen and oxygen atoms in total. The Bertz CT molecular complexity index is 1310. The Morgan fingerprint density at radius 2 is 1.68 bits per heavy atom. The summed E-state index contributed by atoms with van der Waals surface area (Å²) in [5.41, 5.74) is 3.14. The van der Waals surface area contributed by atoms with Crippen molar-refractivity contribution in [3.8, 4) is 0 Å². The summed E-state index contributed by atoms with van der Waals surface area (Å²) in [7, 11) is -3.65. The molecule has 2 aromatic carbocycles. The molecule has 3 aromatic rings. The molecule has 1 aromatic heterocycles. The van der Waals surface area contributed by atoms with Crippen LogP contribution >= 0.6 is 23.2 Å². The van der Waals surface area contributed by atoms with Crippen LogP contribution in [0, 0.1) is 13.8 Å². The minimum absolute atomic E-state index is 0.132. The van der Waals surface area contributed by atoms with Gasteiger partial charge in [0.25, 0.3) is 0 Å². The predicted octanol–water partition coefficient (Wildman–Crippen LogP) is 4.22. The maximum atomic E-state index is 13.0. The lowest BCUT2D eigenvalue weighted by Gasteiger charge is -2.34.